The second-order valence-electron chi connectivity index (χ2n) is 9.75. The lowest BCUT2D eigenvalue weighted by atomic mass is 9.74. The number of hydrogen-bond donors (Lipinski definition) is 1. The third-order valence-electron chi connectivity index (χ3n) is 7.61. The van der Waals surface area contributed by atoms with Crippen molar-refractivity contribution in [1.82, 2.24) is 14.7 Å². The molecule has 0 spiro atoms. The Balaban J connectivity index is 1.29. The smallest absolute Gasteiger partial charge is 0.236 e. The van der Waals surface area contributed by atoms with Gasteiger partial charge in [0, 0.05) is 55.3 Å². The van der Waals surface area contributed by atoms with Gasteiger partial charge in [0.15, 0.2) is 0 Å². The van der Waals surface area contributed by atoms with E-state index in [0.29, 0.717) is 19.8 Å². The maximum absolute atomic E-state index is 13.2. The number of carbonyl (C=O) groups is 1. The number of aliphatic hydroxyl groups is 1. The monoisotopic (exact) mass is 473 g/mol. The normalized spacial score (nSPS) is 25.4. The van der Waals surface area contributed by atoms with Crippen LogP contribution in [0, 0.1) is 11.8 Å². The quantitative estimate of drug-likeness (QED) is 0.690. The zero-order valence-corrected chi connectivity index (χ0v) is 20.3. The predicted octanol–water partition coefficient (Wildman–Crippen LogP) is 2.17. The van der Waals surface area contributed by atoms with Crippen LogP contribution in [0.3, 0.4) is 0 Å². The minimum absolute atomic E-state index is 0.107. The van der Waals surface area contributed by atoms with Crippen LogP contribution in [0.2, 0.25) is 0 Å². The van der Waals surface area contributed by atoms with E-state index in [1.807, 2.05) is 30.3 Å². The Morgan fingerprint density at radius 2 is 1.60 bits per heavy atom. The van der Waals surface area contributed by atoms with Crippen LogP contribution in [0.4, 0.5) is 0 Å². The number of nitrogens with zero attached hydrogens (tertiary/aromatic N) is 3. The summed E-state index contributed by atoms with van der Waals surface area (Å²) in [6.07, 6.45) is 2.06. The molecule has 0 aliphatic carbocycles. The van der Waals surface area contributed by atoms with Gasteiger partial charge in [-0.3, -0.25) is 14.6 Å². The molecule has 5 rings (SSSR count). The Kier molecular flexibility index (Phi) is 7.80. The van der Waals surface area contributed by atoms with Crippen LogP contribution in [-0.2, 0) is 9.53 Å². The molecule has 1 N–H and O–H groups in total. The Morgan fingerprint density at radius 1 is 0.914 bits per heavy atom. The Labute approximate surface area is 208 Å². The van der Waals surface area contributed by atoms with Crippen molar-refractivity contribution in [3.63, 3.8) is 0 Å². The van der Waals surface area contributed by atoms with Gasteiger partial charge in [-0.2, -0.15) is 0 Å². The average Bonchev–Trinajstić information content (AvgIpc) is 2.88. The number of hydrogen-bond acceptors (Lipinski definition) is 5. The van der Waals surface area contributed by atoms with Gasteiger partial charge in [0.1, 0.15) is 0 Å². The molecule has 0 radical (unpaired) electrons. The number of fused-ring (bicyclic) bond motifs is 1. The fraction of sp³-hybridized carbons (Fsp3) is 0.483. The Morgan fingerprint density at radius 3 is 2.31 bits per heavy atom. The van der Waals surface area contributed by atoms with Gasteiger partial charge < -0.3 is 14.7 Å². The van der Waals surface area contributed by atoms with Crippen molar-refractivity contribution < 1.29 is 14.6 Å². The van der Waals surface area contributed by atoms with Crippen molar-refractivity contribution in [2.24, 2.45) is 0 Å². The maximum Gasteiger partial charge on any atom is 0.236 e. The van der Waals surface area contributed by atoms with E-state index < -0.39 is 0 Å². The zero-order valence-electron chi connectivity index (χ0n) is 20.3. The molecule has 6 nitrogen and oxygen atoms in total. The lowest BCUT2D eigenvalue weighted by Crippen LogP contribution is -2.68. The molecular formula is C29H35N3O3. The summed E-state index contributed by atoms with van der Waals surface area (Å²) in [5, 5.41) is 10.2. The van der Waals surface area contributed by atoms with E-state index in [1.165, 1.54) is 5.56 Å². The summed E-state index contributed by atoms with van der Waals surface area (Å²) in [6, 6.07) is 18.8. The highest BCUT2D eigenvalue weighted by Gasteiger charge is 2.49. The maximum atomic E-state index is 13.2. The zero-order chi connectivity index (χ0) is 24.0. The molecule has 2 aromatic carbocycles. The fourth-order valence-corrected chi connectivity index (χ4v) is 5.67. The minimum Gasteiger partial charge on any atom is -0.395 e. The molecule has 3 aliphatic heterocycles. The van der Waals surface area contributed by atoms with Crippen LogP contribution in [-0.4, -0.2) is 96.9 Å². The molecule has 184 valence electrons. The van der Waals surface area contributed by atoms with Gasteiger partial charge in [-0.05, 0) is 49.2 Å². The van der Waals surface area contributed by atoms with E-state index in [-0.39, 0.29) is 30.5 Å². The van der Waals surface area contributed by atoms with Crippen LogP contribution >= 0.6 is 0 Å². The Bertz CT molecular complexity index is 1040. The first-order chi connectivity index (χ1) is 17.2. The SMILES string of the molecule is O=C(CN1CCOCC1)N1CCCCN2[C@H](C1)[C@@H](c1ccc(C#Cc3ccccc3)cc1)[C@@H]2CO. The molecular weight excluding hydrogens is 438 g/mol. The van der Waals surface area contributed by atoms with Gasteiger partial charge in [-0.1, -0.05) is 42.2 Å². The van der Waals surface area contributed by atoms with Crippen molar-refractivity contribution in [3.05, 3.63) is 71.3 Å². The van der Waals surface area contributed by atoms with Gasteiger partial charge >= 0.3 is 0 Å². The highest BCUT2D eigenvalue weighted by atomic mass is 16.5. The van der Waals surface area contributed by atoms with Crippen molar-refractivity contribution in [2.45, 2.75) is 30.8 Å². The van der Waals surface area contributed by atoms with Gasteiger partial charge in [0.2, 0.25) is 5.91 Å². The summed E-state index contributed by atoms with van der Waals surface area (Å²) >= 11 is 0. The second-order valence-corrected chi connectivity index (χ2v) is 9.75. The lowest BCUT2D eigenvalue weighted by molar-refractivity contribution is -0.138. The summed E-state index contributed by atoms with van der Waals surface area (Å²) in [5.74, 6) is 6.89. The lowest BCUT2D eigenvalue weighted by Gasteiger charge is -2.57. The van der Waals surface area contributed by atoms with Crippen molar-refractivity contribution in [3.8, 4) is 11.8 Å². The van der Waals surface area contributed by atoms with E-state index in [1.54, 1.807) is 0 Å². The first-order valence-electron chi connectivity index (χ1n) is 12.8. The predicted molar refractivity (Wildman–Crippen MR) is 136 cm³/mol. The topological polar surface area (TPSA) is 56.2 Å². The van der Waals surface area contributed by atoms with Crippen LogP contribution in [0.25, 0.3) is 0 Å². The summed E-state index contributed by atoms with van der Waals surface area (Å²) in [7, 11) is 0. The standard InChI is InChI=1S/C29H35N3O3/c33-22-27-29(25-12-10-24(11-13-25)9-8-23-6-2-1-3-7-23)26-20-31(14-4-5-15-32(26)27)28(34)21-30-16-18-35-19-17-30/h1-3,6-7,10-13,26-27,29,33H,4-5,14-22H2/t26-,27+,29-/m1/s1. The van der Waals surface area contributed by atoms with E-state index >= 15 is 0 Å². The molecule has 6 heteroatoms. The molecule has 0 saturated carbocycles. The van der Waals surface area contributed by atoms with Crippen LogP contribution in [0.5, 0.6) is 0 Å². The third kappa shape index (κ3) is 5.60. The van der Waals surface area contributed by atoms with Gasteiger partial charge in [0.25, 0.3) is 0 Å². The summed E-state index contributed by atoms with van der Waals surface area (Å²) in [5.41, 5.74) is 3.20. The van der Waals surface area contributed by atoms with Gasteiger partial charge in [0.05, 0.1) is 26.4 Å². The van der Waals surface area contributed by atoms with E-state index in [9.17, 15) is 9.90 Å². The molecule has 1 amide bonds. The first kappa shape index (κ1) is 24.0. The van der Waals surface area contributed by atoms with Crippen molar-refractivity contribution >= 4 is 5.91 Å². The molecule has 0 aromatic heterocycles. The molecule has 2 aromatic rings. The highest BCUT2D eigenvalue weighted by molar-refractivity contribution is 5.78. The molecule has 3 fully saturated rings. The van der Waals surface area contributed by atoms with E-state index in [2.05, 4.69) is 50.8 Å². The average molecular weight is 474 g/mol. The number of carbonyl (C=O) groups excluding carboxylic acids is 1. The summed E-state index contributed by atoms with van der Waals surface area (Å²) < 4.78 is 5.43. The van der Waals surface area contributed by atoms with Crippen LogP contribution in [0.15, 0.2) is 54.6 Å². The molecule has 0 unspecified atom stereocenters. The molecule has 3 aliphatic rings. The summed E-state index contributed by atoms with van der Waals surface area (Å²) in [4.78, 5) is 19.9. The van der Waals surface area contributed by atoms with Crippen LogP contribution in [0.1, 0.15) is 35.4 Å². The molecule has 0 bridgehead atoms. The number of ether oxygens (including phenoxy) is 1. The van der Waals surface area contributed by atoms with Crippen LogP contribution < -0.4 is 0 Å². The number of amides is 1. The number of morpholine rings is 1. The number of aliphatic hydroxyl groups excluding tert-OH is 1. The first-order valence-corrected chi connectivity index (χ1v) is 12.8. The van der Waals surface area contributed by atoms with Crippen molar-refractivity contribution in [1.29, 1.82) is 0 Å². The molecule has 3 saturated heterocycles. The minimum atomic E-state index is 0.107. The number of benzene rings is 2. The van der Waals surface area contributed by atoms with Crippen molar-refractivity contribution in [2.75, 3.05) is 59.1 Å². The third-order valence-corrected chi connectivity index (χ3v) is 7.61. The summed E-state index contributed by atoms with van der Waals surface area (Å²) in [6.45, 7) is 6.19. The van der Waals surface area contributed by atoms with Gasteiger partial charge in [-0.15, -0.1) is 0 Å². The largest absolute Gasteiger partial charge is 0.395 e. The number of rotatable bonds is 4. The fourth-order valence-electron chi connectivity index (χ4n) is 5.67. The van der Waals surface area contributed by atoms with Gasteiger partial charge in [-0.25, -0.2) is 0 Å². The second kappa shape index (κ2) is 11.4. The molecule has 3 atom stereocenters. The highest BCUT2D eigenvalue weighted by Crippen LogP contribution is 2.42. The molecule has 35 heavy (non-hydrogen) atoms. The van der Waals surface area contributed by atoms with E-state index in [4.69, 9.17) is 4.74 Å². The Hall–Kier alpha value is -2.69. The van der Waals surface area contributed by atoms with E-state index in [0.717, 1.165) is 56.7 Å². The molecule has 3 heterocycles.